The van der Waals surface area contributed by atoms with Crippen LogP contribution in [0.1, 0.15) is 31.7 Å². The van der Waals surface area contributed by atoms with E-state index in [9.17, 15) is 5.11 Å². The Balaban J connectivity index is 1.41. The van der Waals surface area contributed by atoms with Crippen molar-refractivity contribution in [3.63, 3.8) is 0 Å². The molecule has 3 rings (SSSR count). The summed E-state index contributed by atoms with van der Waals surface area (Å²) < 4.78 is 17.0. The average molecular weight is 450 g/mol. The van der Waals surface area contributed by atoms with E-state index in [4.69, 9.17) is 14.2 Å². The predicted octanol–water partition coefficient (Wildman–Crippen LogP) is 2.32. The van der Waals surface area contributed by atoms with Gasteiger partial charge in [-0.15, -0.1) is 0 Å². The molecule has 2 saturated heterocycles. The highest BCUT2D eigenvalue weighted by Crippen LogP contribution is 2.29. The van der Waals surface area contributed by atoms with Crippen molar-refractivity contribution in [3.8, 4) is 11.5 Å². The Morgan fingerprint density at radius 1 is 1.12 bits per heavy atom. The molecule has 1 atom stereocenters. The van der Waals surface area contributed by atoms with E-state index in [1.165, 1.54) is 24.8 Å². The van der Waals surface area contributed by atoms with Crippen LogP contribution in [0.4, 0.5) is 0 Å². The van der Waals surface area contributed by atoms with Gasteiger partial charge in [0.1, 0.15) is 12.7 Å². The zero-order valence-corrected chi connectivity index (χ0v) is 20.3. The van der Waals surface area contributed by atoms with Crippen molar-refractivity contribution in [1.29, 1.82) is 0 Å². The van der Waals surface area contributed by atoms with Gasteiger partial charge in [0.25, 0.3) is 0 Å². The number of nitrogens with zero attached hydrogens (tertiary/aromatic N) is 3. The monoisotopic (exact) mass is 449 g/mol. The van der Waals surface area contributed by atoms with Crippen molar-refractivity contribution in [1.82, 2.24) is 14.7 Å². The lowest BCUT2D eigenvalue weighted by atomic mass is 9.96. The molecule has 0 aromatic heterocycles. The zero-order valence-electron chi connectivity index (χ0n) is 20.3. The first kappa shape index (κ1) is 25.2. The molecule has 2 heterocycles. The minimum absolute atomic E-state index is 0.273. The Bertz CT molecular complexity index is 661. The quantitative estimate of drug-likeness (QED) is 0.526. The van der Waals surface area contributed by atoms with Crippen molar-refractivity contribution in [2.75, 3.05) is 79.8 Å². The largest absolute Gasteiger partial charge is 0.493 e. The van der Waals surface area contributed by atoms with Gasteiger partial charge in [-0.25, -0.2) is 0 Å². The number of hydrogen-bond donors (Lipinski definition) is 1. The third kappa shape index (κ3) is 8.19. The van der Waals surface area contributed by atoms with E-state index >= 15 is 0 Å². The molecule has 2 fully saturated rings. The van der Waals surface area contributed by atoms with E-state index < -0.39 is 6.10 Å². The van der Waals surface area contributed by atoms with Gasteiger partial charge in [0.2, 0.25) is 0 Å². The molecule has 0 bridgehead atoms. The Hall–Kier alpha value is -1.38. The molecule has 2 aliphatic heterocycles. The number of β-amino-alcohol motifs (C(OH)–C–C–N with tert-alkyl or cyclic N) is 1. The number of methoxy groups -OCH3 is 1. The minimum Gasteiger partial charge on any atom is -0.493 e. The minimum atomic E-state index is -0.510. The highest BCUT2D eigenvalue weighted by molar-refractivity contribution is 5.43. The van der Waals surface area contributed by atoms with Crippen LogP contribution in [0, 0.1) is 5.92 Å². The zero-order chi connectivity index (χ0) is 22.8. The lowest BCUT2D eigenvalue weighted by molar-refractivity contribution is 0.0464. The van der Waals surface area contributed by atoms with Crippen molar-refractivity contribution in [2.24, 2.45) is 5.92 Å². The number of benzene rings is 1. The van der Waals surface area contributed by atoms with Gasteiger partial charge in [-0.2, -0.15) is 0 Å². The van der Waals surface area contributed by atoms with Gasteiger partial charge >= 0.3 is 0 Å². The van der Waals surface area contributed by atoms with E-state index in [1.54, 1.807) is 7.11 Å². The number of hydrogen-bond acceptors (Lipinski definition) is 7. The lowest BCUT2D eigenvalue weighted by Gasteiger charge is -2.34. The molecule has 1 unspecified atom stereocenters. The SMILES string of the molecule is CCN1CCN(CC(O)COc2ccc(CN(C)CCC3CCOCC3)cc2OC)CC1. The highest BCUT2D eigenvalue weighted by atomic mass is 16.5. The Morgan fingerprint density at radius 3 is 2.53 bits per heavy atom. The molecule has 7 nitrogen and oxygen atoms in total. The van der Waals surface area contributed by atoms with E-state index in [0.717, 1.165) is 70.7 Å². The van der Waals surface area contributed by atoms with Crippen LogP contribution < -0.4 is 9.47 Å². The summed E-state index contributed by atoms with van der Waals surface area (Å²) in [4.78, 5) is 7.12. The summed E-state index contributed by atoms with van der Waals surface area (Å²) in [5.74, 6) is 2.21. The Morgan fingerprint density at radius 2 is 1.84 bits per heavy atom. The summed E-state index contributed by atoms with van der Waals surface area (Å²) in [6.07, 6.45) is 3.09. The topological polar surface area (TPSA) is 57.6 Å². The summed E-state index contributed by atoms with van der Waals surface area (Å²) in [7, 11) is 3.84. The van der Waals surface area contributed by atoms with Crippen molar-refractivity contribution < 1.29 is 19.3 Å². The highest BCUT2D eigenvalue weighted by Gasteiger charge is 2.19. The van der Waals surface area contributed by atoms with Gasteiger partial charge in [-0.05, 0) is 63.0 Å². The molecule has 1 aromatic rings. The molecule has 2 aliphatic rings. The molecule has 1 N–H and O–H groups in total. The number of piperazine rings is 1. The number of ether oxygens (including phenoxy) is 3. The first-order valence-corrected chi connectivity index (χ1v) is 12.3. The molecule has 0 radical (unpaired) electrons. The fraction of sp³-hybridized carbons (Fsp3) is 0.760. The number of rotatable bonds is 12. The van der Waals surface area contributed by atoms with Crippen LogP contribution in [0.3, 0.4) is 0 Å². The fourth-order valence-corrected chi connectivity index (χ4v) is 4.58. The van der Waals surface area contributed by atoms with E-state index in [1.807, 2.05) is 6.07 Å². The van der Waals surface area contributed by atoms with Crippen molar-refractivity contribution in [3.05, 3.63) is 23.8 Å². The van der Waals surface area contributed by atoms with Crippen LogP contribution in [-0.4, -0.2) is 106 Å². The number of likely N-dealkylation sites (N-methyl/N-ethyl adjacent to an activating group) is 1. The summed E-state index contributed by atoms with van der Waals surface area (Å²) in [6, 6.07) is 6.11. The normalized spacial score (nSPS) is 19.9. The average Bonchev–Trinajstić information content (AvgIpc) is 2.83. The van der Waals surface area contributed by atoms with Gasteiger partial charge in [0, 0.05) is 52.5 Å². The van der Waals surface area contributed by atoms with Gasteiger partial charge in [-0.3, -0.25) is 4.90 Å². The summed E-state index contributed by atoms with van der Waals surface area (Å²) in [6.45, 7) is 12.2. The maximum absolute atomic E-state index is 10.5. The number of aliphatic hydroxyl groups is 1. The smallest absolute Gasteiger partial charge is 0.161 e. The second-order valence-electron chi connectivity index (χ2n) is 9.27. The van der Waals surface area contributed by atoms with E-state index in [0.29, 0.717) is 12.3 Å². The molecule has 0 amide bonds. The molecular weight excluding hydrogens is 406 g/mol. The van der Waals surface area contributed by atoms with Crippen LogP contribution in [0.25, 0.3) is 0 Å². The van der Waals surface area contributed by atoms with Crippen molar-refractivity contribution >= 4 is 0 Å². The second-order valence-corrected chi connectivity index (χ2v) is 9.27. The predicted molar refractivity (Wildman–Crippen MR) is 128 cm³/mol. The summed E-state index contributed by atoms with van der Waals surface area (Å²) in [5.41, 5.74) is 1.21. The fourth-order valence-electron chi connectivity index (χ4n) is 4.58. The van der Waals surface area contributed by atoms with Crippen molar-refractivity contribution in [2.45, 2.75) is 38.8 Å². The van der Waals surface area contributed by atoms with E-state index in [2.05, 4.69) is 40.8 Å². The first-order chi connectivity index (χ1) is 15.6. The summed E-state index contributed by atoms with van der Waals surface area (Å²) >= 11 is 0. The molecule has 7 heteroatoms. The van der Waals surface area contributed by atoms with Gasteiger partial charge < -0.3 is 29.1 Å². The lowest BCUT2D eigenvalue weighted by Crippen LogP contribution is -2.49. The maximum Gasteiger partial charge on any atom is 0.161 e. The van der Waals surface area contributed by atoms with Crippen LogP contribution in [-0.2, 0) is 11.3 Å². The molecule has 0 saturated carbocycles. The Labute approximate surface area is 194 Å². The molecule has 182 valence electrons. The second kappa shape index (κ2) is 13.4. The maximum atomic E-state index is 10.5. The molecular formula is C25H43N3O4. The third-order valence-electron chi connectivity index (χ3n) is 6.75. The van der Waals surface area contributed by atoms with Gasteiger partial charge in [0.15, 0.2) is 11.5 Å². The third-order valence-corrected chi connectivity index (χ3v) is 6.75. The van der Waals surface area contributed by atoms with Crippen LogP contribution in [0.15, 0.2) is 18.2 Å². The van der Waals surface area contributed by atoms with Gasteiger partial charge in [-0.1, -0.05) is 13.0 Å². The first-order valence-electron chi connectivity index (χ1n) is 12.3. The number of aliphatic hydroxyl groups excluding tert-OH is 1. The standard InChI is InChI=1S/C25H43N3O4/c1-4-27-11-13-28(14-12-27)19-23(29)20-32-24-6-5-22(17-25(24)30-3)18-26(2)10-7-21-8-15-31-16-9-21/h5-6,17,21,23,29H,4,7-16,18-20H2,1-3H3. The Kier molecular flexibility index (Phi) is 10.5. The van der Waals surface area contributed by atoms with Crippen LogP contribution >= 0.6 is 0 Å². The van der Waals surface area contributed by atoms with E-state index in [-0.39, 0.29) is 6.61 Å². The van der Waals surface area contributed by atoms with Crippen LogP contribution in [0.2, 0.25) is 0 Å². The molecule has 1 aromatic carbocycles. The summed E-state index contributed by atoms with van der Waals surface area (Å²) in [5, 5.41) is 10.5. The molecule has 32 heavy (non-hydrogen) atoms. The van der Waals surface area contributed by atoms with Gasteiger partial charge in [0.05, 0.1) is 7.11 Å². The molecule has 0 aliphatic carbocycles. The van der Waals surface area contributed by atoms with Crippen LogP contribution in [0.5, 0.6) is 11.5 Å². The molecule has 0 spiro atoms.